The summed E-state index contributed by atoms with van der Waals surface area (Å²) < 4.78 is 61.1. The summed E-state index contributed by atoms with van der Waals surface area (Å²) in [4.78, 5) is 9.76. The van der Waals surface area contributed by atoms with Gasteiger partial charge in [-0.1, -0.05) is 16.5 Å². The lowest BCUT2D eigenvalue weighted by Crippen LogP contribution is -2.03. The normalized spacial score (nSPS) is 12.4. The van der Waals surface area contributed by atoms with Crippen molar-refractivity contribution in [2.45, 2.75) is 6.18 Å². The zero-order valence-corrected chi connectivity index (χ0v) is 9.49. The van der Waals surface area contributed by atoms with Crippen LogP contribution in [0.3, 0.4) is 0 Å². The van der Waals surface area contributed by atoms with E-state index in [4.69, 9.17) is 0 Å². The van der Waals surface area contributed by atoms with Crippen LogP contribution < -0.4 is 0 Å². The van der Waals surface area contributed by atoms with Crippen LogP contribution in [0.5, 0.6) is 0 Å². The average molecular weight is 277 g/mol. The standard InChI is InChI=1S/C10H6F3NO3S/c11-10(12,13)9-3-1-8(2-4-9)5-6-18(16,17)14-7-15/h1-6H. The first-order valence-electron chi connectivity index (χ1n) is 4.44. The van der Waals surface area contributed by atoms with Gasteiger partial charge in [0.1, 0.15) is 0 Å². The number of hydrogen-bond donors (Lipinski definition) is 0. The van der Waals surface area contributed by atoms with Gasteiger partial charge in [-0.3, -0.25) is 0 Å². The number of rotatable bonds is 3. The summed E-state index contributed by atoms with van der Waals surface area (Å²) in [7, 11) is -4.07. The second-order valence-corrected chi connectivity index (χ2v) is 4.60. The summed E-state index contributed by atoms with van der Waals surface area (Å²) in [6.45, 7) is 0. The van der Waals surface area contributed by atoms with E-state index in [1.165, 1.54) is 0 Å². The van der Waals surface area contributed by atoms with E-state index < -0.39 is 21.8 Å². The molecule has 0 heterocycles. The maximum atomic E-state index is 12.2. The lowest BCUT2D eigenvalue weighted by Gasteiger charge is -2.05. The van der Waals surface area contributed by atoms with E-state index in [0.29, 0.717) is 5.41 Å². The fraction of sp³-hybridized carbons (Fsp3) is 0.100. The minimum Gasteiger partial charge on any atom is -0.210 e. The van der Waals surface area contributed by atoms with E-state index in [0.717, 1.165) is 36.4 Å². The van der Waals surface area contributed by atoms with Gasteiger partial charge in [0.2, 0.25) is 0 Å². The molecule has 1 aromatic carbocycles. The van der Waals surface area contributed by atoms with Crippen LogP contribution in [-0.2, 0) is 21.0 Å². The first-order valence-corrected chi connectivity index (χ1v) is 5.94. The molecule has 0 N–H and O–H groups in total. The molecule has 0 fully saturated rings. The van der Waals surface area contributed by atoms with E-state index in [2.05, 4.69) is 4.40 Å². The maximum Gasteiger partial charge on any atom is 0.416 e. The van der Waals surface area contributed by atoms with Gasteiger partial charge in [0, 0.05) is 0 Å². The molecule has 1 aromatic rings. The minimum atomic E-state index is -4.45. The first kappa shape index (κ1) is 14.1. The summed E-state index contributed by atoms with van der Waals surface area (Å²) in [5.41, 5.74) is -0.610. The van der Waals surface area contributed by atoms with Gasteiger partial charge in [-0.2, -0.15) is 21.6 Å². The third-order valence-corrected chi connectivity index (χ3v) is 2.64. The predicted octanol–water partition coefficient (Wildman–Crippen LogP) is 2.34. The Hall–Kier alpha value is -1.92. The quantitative estimate of drug-likeness (QED) is 0.629. The van der Waals surface area contributed by atoms with E-state index in [-0.39, 0.29) is 5.56 Å². The van der Waals surface area contributed by atoms with Crippen molar-refractivity contribution in [2.75, 3.05) is 0 Å². The van der Waals surface area contributed by atoms with Crippen molar-refractivity contribution in [3.05, 3.63) is 40.8 Å². The Balaban J connectivity index is 2.95. The molecule has 0 bridgehead atoms. The van der Waals surface area contributed by atoms with Gasteiger partial charge in [0.25, 0.3) is 16.1 Å². The number of alkyl halides is 3. The molecule has 8 heteroatoms. The predicted molar refractivity (Wildman–Crippen MR) is 57.5 cm³/mol. The van der Waals surface area contributed by atoms with Crippen molar-refractivity contribution >= 4 is 22.2 Å². The zero-order chi connectivity index (χ0) is 13.8. The van der Waals surface area contributed by atoms with Gasteiger partial charge in [0.05, 0.1) is 11.0 Å². The van der Waals surface area contributed by atoms with Gasteiger partial charge >= 0.3 is 6.18 Å². The lowest BCUT2D eigenvalue weighted by molar-refractivity contribution is -0.137. The average Bonchev–Trinajstić information content (AvgIpc) is 2.26. The van der Waals surface area contributed by atoms with Crippen molar-refractivity contribution in [3.63, 3.8) is 0 Å². The molecule has 0 saturated carbocycles. The van der Waals surface area contributed by atoms with Crippen LogP contribution in [0.1, 0.15) is 11.1 Å². The highest BCUT2D eigenvalue weighted by atomic mass is 32.2. The molecule has 0 aliphatic rings. The molecular formula is C10H6F3NO3S. The summed E-state index contributed by atoms with van der Waals surface area (Å²) in [6.07, 6.45) is -2.56. The van der Waals surface area contributed by atoms with Crippen molar-refractivity contribution in [2.24, 2.45) is 4.40 Å². The molecule has 0 aliphatic heterocycles. The minimum absolute atomic E-state index is 0.229. The molecular weight excluding hydrogens is 271 g/mol. The highest BCUT2D eigenvalue weighted by molar-refractivity contribution is 7.93. The van der Waals surface area contributed by atoms with Crippen LogP contribution in [0.25, 0.3) is 6.08 Å². The number of isocyanates is 1. The van der Waals surface area contributed by atoms with Crippen LogP contribution in [0, 0.1) is 0 Å². The Morgan fingerprint density at radius 1 is 1.17 bits per heavy atom. The molecule has 0 saturated heterocycles. The summed E-state index contributed by atoms with van der Waals surface area (Å²) in [5, 5.41) is 0.598. The lowest BCUT2D eigenvalue weighted by atomic mass is 10.1. The molecule has 0 radical (unpaired) electrons. The van der Waals surface area contributed by atoms with E-state index in [1.54, 1.807) is 0 Å². The topological polar surface area (TPSA) is 63.6 Å². The van der Waals surface area contributed by atoms with Crippen molar-refractivity contribution < 1.29 is 26.4 Å². The molecule has 1 rings (SSSR count). The molecule has 0 amide bonds. The highest BCUT2D eigenvalue weighted by Crippen LogP contribution is 2.29. The van der Waals surface area contributed by atoms with Crippen LogP contribution in [0.15, 0.2) is 34.1 Å². The third kappa shape index (κ3) is 4.15. The van der Waals surface area contributed by atoms with E-state index in [9.17, 15) is 26.4 Å². The Morgan fingerprint density at radius 3 is 2.17 bits per heavy atom. The maximum absolute atomic E-state index is 12.2. The second-order valence-electron chi connectivity index (χ2n) is 3.12. The van der Waals surface area contributed by atoms with Gasteiger partial charge < -0.3 is 0 Å². The zero-order valence-electron chi connectivity index (χ0n) is 8.68. The number of carbonyl (C=O) groups excluding carboxylic acids is 1. The highest BCUT2D eigenvalue weighted by Gasteiger charge is 2.29. The third-order valence-electron chi connectivity index (χ3n) is 1.83. The second kappa shape index (κ2) is 5.16. The fourth-order valence-corrected chi connectivity index (χ4v) is 1.52. The molecule has 0 atom stereocenters. The molecule has 96 valence electrons. The van der Waals surface area contributed by atoms with Crippen LogP contribution >= 0.6 is 0 Å². The molecule has 0 unspecified atom stereocenters. The van der Waals surface area contributed by atoms with Crippen LogP contribution in [-0.4, -0.2) is 14.5 Å². The Kier molecular flexibility index (Phi) is 4.05. The summed E-state index contributed by atoms with van der Waals surface area (Å²) in [6, 6.07) is 3.82. The molecule has 18 heavy (non-hydrogen) atoms. The number of sulfonamides is 1. The molecule has 0 aliphatic carbocycles. The number of nitrogens with zero attached hydrogens (tertiary/aromatic N) is 1. The Morgan fingerprint density at radius 2 is 1.72 bits per heavy atom. The number of halogens is 3. The van der Waals surface area contributed by atoms with E-state index >= 15 is 0 Å². The Labute approximate surface area is 101 Å². The number of hydrogen-bond acceptors (Lipinski definition) is 3. The Bertz CT molecular complexity index is 596. The molecule has 0 aromatic heterocycles. The summed E-state index contributed by atoms with van der Waals surface area (Å²) >= 11 is 0. The van der Waals surface area contributed by atoms with Crippen LogP contribution in [0.4, 0.5) is 13.2 Å². The number of benzene rings is 1. The van der Waals surface area contributed by atoms with Gasteiger partial charge in [-0.25, -0.2) is 4.79 Å². The SMILES string of the molecule is O=C=NS(=O)(=O)C=Cc1ccc(C(F)(F)F)cc1. The molecule has 0 spiro atoms. The van der Waals surface area contributed by atoms with Crippen molar-refractivity contribution in [1.82, 2.24) is 0 Å². The van der Waals surface area contributed by atoms with Crippen molar-refractivity contribution in [1.29, 1.82) is 0 Å². The largest absolute Gasteiger partial charge is 0.416 e. The first-order chi connectivity index (χ1) is 8.24. The summed E-state index contributed by atoms with van der Waals surface area (Å²) in [5.74, 6) is 0. The van der Waals surface area contributed by atoms with Gasteiger partial charge in [-0.15, -0.1) is 0 Å². The van der Waals surface area contributed by atoms with E-state index in [1.807, 2.05) is 0 Å². The van der Waals surface area contributed by atoms with Gasteiger partial charge in [0.15, 0.2) is 0 Å². The van der Waals surface area contributed by atoms with Gasteiger partial charge in [-0.05, 0) is 23.8 Å². The smallest absolute Gasteiger partial charge is 0.210 e. The van der Waals surface area contributed by atoms with Crippen LogP contribution in [0.2, 0.25) is 0 Å². The monoisotopic (exact) mass is 277 g/mol. The fourth-order valence-electron chi connectivity index (χ4n) is 1.03. The molecule has 4 nitrogen and oxygen atoms in total. The van der Waals surface area contributed by atoms with Crippen molar-refractivity contribution in [3.8, 4) is 0 Å².